The van der Waals surface area contributed by atoms with E-state index in [-0.39, 0.29) is 0 Å². The molecule has 1 heterocycles. The van der Waals surface area contributed by atoms with Crippen LogP contribution in [0.15, 0.2) is 29.4 Å². The molecule has 3 nitrogen and oxygen atoms in total. The van der Waals surface area contributed by atoms with Crippen LogP contribution in [0, 0.1) is 0 Å². The van der Waals surface area contributed by atoms with E-state index in [1.807, 2.05) is 0 Å². The number of ether oxygens (including phenoxy) is 1. The summed E-state index contributed by atoms with van der Waals surface area (Å²) in [6.45, 7) is 2.49. The lowest BCUT2D eigenvalue weighted by Gasteiger charge is -2.07. The lowest BCUT2D eigenvalue weighted by molar-refractivity contribution is 0.124. The Morgan fingerprint density at radius 1 is 1.20 bits per heavy atom. The van der Waals surface area contributed by atoms with Crippen molar-refractivity contribution in [3.8, 4) is 0 Å². The molecule has 0 amide bonds. The second-order valence-corrected chi connectivity index (χ2v) is 5.94. The molecule has 1 aromatic carbocycles. The zero-order chi connectivity index (χ0) is 14.5. The molecule has 0 spiro atoms. The number of imidazole rings is 1. The van der Waals surface area contributed by atoms with Crippen molar-refractivity contribution >= 4 is 35.0 Å². The van der Waals surface area contributed by atoms with Gasteiger partial charge in [0.15, 0.2) is 15.5 Å². The van der Waals surface area contributed by atoms with E-state index in [9.17, 15) is 0 Å². The number of hydrogen-bond acceptors (Lipinski definition) is 3. The summed E-state index contributed by atoms with van der Waals surface area (Å²) in [5.41, 5.74) is 2.58. The molecule has 0 bridgehead atoms. The van der Waals surface area contributed by atoms with Gasteiger partial charge < -0.3 is 4.74 Å². The number of nitrogens with zero attached hydrogens (tertiary/aromatic N) is 2. The maximum Gasteiger partial charge on any atom is 0.172 e. The van der Waals surface area contributed by atoms with E-state index in [2.05, 4.69) is 36.2 Å². The standard InChI is InChI=1S/C14H16Cl2N2OS/c1-3-10-4-6-11(7-5-10)8-20-14-17-12(15)13(16)18(14)9-19-2/h4-7H,3,8-9H2,1-2H3. The zero-order valence-corrected chi connectivity index (χ0v) is 13.7. The first-order chi connectivity index (χ1) is 9.65. The molecule has 20 heavy (non-hydrogen) atoms. The largest absolute Gasteiger partial charge is 0.364 e. The molecular formula is C14H16Cl2N2OS. The summed E-state index contributed by atoms with van der Waals surface area (Å²) in [6, 6.07) is 8.58. The van der Waals surface area contributed by atoms with Crippen LogP contribution in [-0.4, -0.2) is 16.7 Å². The van der Waals surface area contributed by atoms with Crippen LogP contribution in [0.1, 0.15) is 18.1 Å². The number of rotatable bonds is 6. The molecule has 0 fully saturated rings. The second kappa shape index (κ2) is 7.36. The molecule has 1 aromatic heterocycles. The fourth-order valence-electron chi connectivity index (χ4n) is 1.76. The number of methoxy groups -OCH3 is 1. The van der Waals surface area contributed by atoms with Crippen LogP contribution >= 0.6 is 35.0 Å². The Kier molecular flexibility index (Phi) is 5.78. The molecule has 0 radical (unpaired) electrons. The molecule has 0 aliphatic heterocycles. The van der Waals surface area contributed by atoms with Crippen LogP contribution in [0.3, 0.4) is 0 Å². The number of thioether (sulfide) groups is 1. The van der Waals surface area contributed by atoms with Crippen molar-refractivity contribution < 1.29 is 4.74 Å². The maximum absolute atomic E-state index is 6.09. The van der Waals surface area contributed by atoms with Crippen LogP contribution in [0.5, 0.6) is 0 Å². The predicted molar refractivity (Wildman–Crippen MR) is 84.6 cm³/mol. The number of aryl methyl sites for hydroxylation is 1. The smallest absolute Gasteiger partial charge is 0.172 e. The highest BCUT2D eigenvalue weighted by Crippen LogP contribution is 2.30. The van der Waals surface area contributed by atoms with Gasteiger partial charge in [-0.15, -0.1) is 0 Å². The molecular weight excluding hydrogens is 315 g/mol. The summed E-state index contributed by atoms with van der Waals surface area (Å²) in [6.07, 6.45) is 1.05. The summed E-state index contributed by atoms with van der Waals surface area (Å²) < 4.78 is 6.87. The monoisotopic (exact) mass is 330 g/mol. The van der Waals surface area contributed by atoms with Crippen molar-refractivity contribution in [2.75, 3.05) is 7.11 Å². The second-order valence-electron chi connectivity index (χ2n) is 4.28. The number of hydrogen-bond donors (Lipinski definition) is 0. The highest BCUT2D eigenvalue weighted by Gasteiger charge is 2.14. The van der Waals surface area contributed by atoms with Gasteiger partial charge in [0.05, 0.1) is 0 Å². The summed E-state index contributed by atoms with van der Waals surface area (Å²) in [5.74, 6) is 0.817. The predicted octanol–water partition coefficient (Wildman–Crippen LogP) is 4.65. The van der Waals surface area contributed by atoms with Crippen LogP contribution in [-0.2, 0) is 23.6 Å². The number of aromatic nitrogens is 2. The first-order valence-electron chi connectivity index (χ1n) is 6.26. The normalized spacial score (nSPS) is 11.0. The van der Waals surface area contributed by atoms with Gasteiger partial charge in [0.1, 0.15) is 6.73 Å². The summed E-state index contributed by atoms with van der Waals surface area (Å²) >= 11 is 13.6. The van der Waals surface area contributed by atoms with Crippen LogP contribution in [0.4, 0.5) is 0 Å². The van der Waals surface area contributed by atoms with Crippen molar-refractivity contribution in [3.63, 3.8) is 0 Å². The molecule has 0 aliphatic carbocycles. The fourth-order valence-corrected chi connectivity index (χ4v) is 3.15. The number of halogens is 2. The molecule has 2 aromatic rings. The first kappa shape index (κ1) is 15.7. The van der Waals surface area contributed by atoms with E-state index in [1.54, 1.807) is 23.4 Å². The minimum Gasteiger partial charge on any atom is -0.364 e. The van der Waals surface area contributed by atoms with Crippen molar-refractivity contribution in [2.45, 2.75) is 31.0 Å². The third-order valence-electron chi connectivity index (χ3n) is 2.89. The van der Waals surface area contributed by atoms with Gasteiger partial charge in [-0.1, -0.05) is 66.2 Å². The van der Waals surface area contributed by atoms with E-state index in [4.69, 9.17) is 27.9 Å². The van der Waals surface area contributed by atoms with Gasteiger partial charge in [-0.25, -0.2) is 4.98 Å². The van der Waals surface area contributed by atoms with Crippen molar-refractivity contribution in [1.29, 1.82) is 0 Å². The summed E-state index contributed by atoms with van der Waals surface area (Å²) in [7, 11) is 1.61. The highest BCUT2D eigenvalue weighted by atomic mass is 35.5. The van der Waals surface area contributed by atoms with Gasteiger partial charge in [0, 0.05) is 12.9 Å². The summed E-state index contributed by atoms with van der Waals surface area (Å²) in [5, 5.41) is 1.49. The molecule has 0 saturated carbocycles. The highest BCUT2D eigenvalue weighted by molar-refractivity contribution is 7.98. The van der Waals surface area contributed by atoms with Gasteiger partial charge in [-0.05, 0) is 17.5 Å². The minimum atomic E-state index is 0.313. The van der Waals surface area contributed by atoms with E-state index in [1.165, 1.54) is 11.1 Å². The maximum atomic E-state index is 6.09. The fraction of sp³-hybridized carbons (Fsp3) is 0.357. The van der Waals surface area contributed by atoms with Gasteiger partial charge in [0.2, 0.25) is 0 Å². The SMILES string of the molecule is CCc1ccc(CSc2nc(Cl)c(Cl)n2COC)cc1. The molecule has 108 valence electrons. The molecule has 0 aliphatic rings. The molecule has 0 atom stereocenters. The van der Waals surface area contributed by atoms with Crippen molar-refractivity contribution in [1.82, 2.24) is 9.55 Å². The third-order valence-corrected chi connectivity index (χ3v) is 4.68. The average molecular weight is 331 g/mol. The van der Waals surface area contributed by atoms with Crippen LogP contribution < -0.4 is 0 Å². The van der Waals surface area contributed by atoms with Gasteiger partial charge in [-0.3, -0.25) is 4.57 Å². The molecule has 0 saturated heterocycles. The topological polar surface area (TPSA) is 27.1 Å². The lowest BCUT2D eigenvalue weighted by atomic mass is 10.1. The summed E-state index contributed by atoms with van der Waals surface area (Å²) in [4.78, 5) is 4.26. The Balaban J connectivity index is 2.07. The Hall–Kier alpha value is -0.680. The Morgan fingerprint density at radius 3 is 2.45 bits per heavy atom. The van der Waals surface area contributed by atoms with Crippen molar-refractivity contribution in [2.24, 2.45) is 0 Å². The van der Waals surface area contributed by atoms with E-state index in [0.29, 0.717) is 17.0 Å². The van der Waals surface area contributed by atoms with Crippen molar-refractivity contribution in [3.05, 3.63) is 45.7 Å². The van der Waals surface area contributed by atoms with E-state index < -0.39 is 0 Å². The van der Waals surface area contributed by atoms with E-state index in [0.717, 1.165) is 17.3 Å². The third kappa shape index (κ3) is 3.70. The zero-order valence-electron chi connectivity index (χ0n) is 11.4. The lowest BCUT2D eigenvalue weighted by Crippen LogP contribution is -2.01. The van der Waals surface area contributed by atoms with Gasteiger partial charge >= 0.3 is 0 Å². The Bertz CT molecular complexity index is 569. The van der Waals surface area contributed by atoms with E-state index >= 15 is 0 Å². The van der Waals surface area contributed by atoms with Crippen LogP contribution in [0.2, 0.25) is 10.3 Å². The Labute approximate surface area is 133 Å². The van der Waals surface area contributed by atoms with Gasteiger partial charge in [-0.2, -0.15) is 0 Å². The molecule has 0 unspecified atom stereocenters. The molecule has 2 rings (SSSR count). The minimum absolute atomic E-state index is 0.313. The Morgan fingerprint density at radius 2 is 1.85 bits per heavy atom. The number of benzene rings is 1. The quantitative estimate of drug-likeness (QED) is 0.721. The molecule has 6 heteroatoms. The van der Waals surface area contributed by atoms with Gasteiger partial charge in [0.25, 0.3) is 0 Å². The first-order valence-corrected chi connectivity index (χ1v) is 8.01. The average Bonchev–Trinajstić information content (AvgIpc) is 2.74. The molecule has 0 N–H and O–H groups in total. The van der Waals surface area contributed by atoms with Crippen LogP contribution in [0.25, 0.3) is 0 Å².